The molecule has 1 amide bonds. The van der Waals surface area contributed by atoms with E-state index in [2.05, 4.69) is 15.0 Å². The Bertz CT molecular complexity index is 998. The Hall–Kier alpha value is -3.25. The molecule has 27 heavy (non-hydrogen) atoms. The number of thiazole rings is 1. The number of H-pyrrole nitrogens is 1. The smallest absolute Gasteiger partial charge is 0.255 e. The number of rotatable bonds is 6. The number of hydrogen-bond acceptors (Lipinski definition) is 4. The van der Waals surface area contributed by atoms with Gasteiger partial charge in [-0.05, 0) is 11.6 Å². The van der Waals surface area contributed by atoms with E-state index in [1.165, 1.54) is 0 Å². The van der Waals surface area contributed by atoms with E-state index in [4.69, 9.17) is 0 Å². The predicted octanol–water partition coefficient (Wildman–Crippen LogP) is 4.38. The van der Waals surface area contributed by atoms with Crippen molar-refractivity contribution in [1.82, 2.24) is 19.9 Å². The first-order valence-corrected chi connectivity index (χ1v) is 9.49. The van der Waals surface area contributed by atoms with Crippen molar-refractivity contribution in [1.29, 1.82) is 0 Å². The topological polar surface area (TPSA) is 61.9 Å². The lowest BCUT2D eigenvalue weighted by molar-refractivity contribution is 0.0730. The van der Waals surface area contributed by atoms with Gasteiger partial charge in [0.2, 0.25) is 0 Å². The monoisotopic (exact) mass is 374 g/mol. The van der Waals surface area contributed by atoms with Gasteiger partial charge in [-0.2, -0.15) is 0 Å². The summed E-state index contributed by atoms with van der Waals surface area (Å²) in [5, 5.41) is 2.84. The van der Waals surface area contributed by atoms with Gasteiger partial charge in [0.05, 0.1) is 12.1 Å². The van der Waals surface area contributed by atoms with Crippen LogP contribution in [0.4, 0.5) is 0 Å². The molecule has 134 valence electrons. The first-order chi connectivity index (χ1) is 13.3. The molecule has 0 spiro atoms. The fourth-order valence-electron chi connectivity index (χ4n) is 2.96. The molecule has 4 aromatic rings. The van der Waals surface area contributed by atoms with Crippen molar-refractivity contribution in [2.45, 2.75) is 13.1 Å². The lowest BCUT2D eigenvalue weighted by atomic mass is 10.1. The molecule has 0 aliphatic rings. The van der Waals surface area contributed by atoms with E-state index in [1.807, 2.05) is 64.9 Å². The molecule has 2 aromatic heterocycles. The van der Waals surface area contributed by atoms with Gasteiger partial charge >= 0.3 is 0 Å². The van der Waals surface area contributed by atoms with Crippen molar-refractivity contribution < 1.29 is 4.79 Å². The zero-order valence-electron chi connectivity index (χ0n) is 14.6. The molecule has 6 heteroatoms. The molecule has 0 radical (unpaired) electrons. The van der Waals surface area contributed by atoms with Gasteiger partial charge in [0.1, 0.15) is 10.8 Å². The van der Waals surface area contributed by atoms with E-state index in [9.17, 15) is 4.79 Å². The highest BCUT2D eigenvalue weighted by Crippen LogP contribution is 2.23. The number of carbonyl (C=O) groups excluding carboxylic acids is 1. The van der Waals surface area contributed by atoms with Crippen LogP contribution in [0.2, 0.25) is 0 Å². The van der Waals surface area contributed by atoms with Gasteiger partial charge in [-0.25, -0.2) is 9.97 Å². The van der Waals surface area contributed by atoms with Crippen molar-refractivity contribution in [3.05, 3.63) is 94.7 Å². The second-order valence-corrected chi connectivity index (χ2v) is 7.04. The average molecular weight is 374 g/mol. The Balaban J connectivity index is 1.68. The maximum absolute atomic E-state index is 13.5. The quantitative estimate of drug-likeness (QED) is 0.545. The van der Waals surface area contributed by atoms with Gasteiger partial charge < -0.3 is 9.88 Å². The third-order valence-electron chi connectivity index (χ3n) is 4.22. The van der Waals surface area contributed by atoms with E-state index in [-0.39, 0.29) is 5.91 Å². The highest BCUT2D eigenvalue weighted by atomic mass is 32.1. The first kappa shape index (κ1) is 17.2. The molecule has 2 aromatic carbocycles. The van der Waals surface area contributed by atoms with Gasteiger partial charge in [-0.1, -0.05) is 48.5 Å². The molecule has 0 unspecified atom stereocenters. The van der Waals surface area contributed by atoms with E-state index in [0.29, 0.717) is 24.5 Å². The second-order valence-electron chi connectivity index (χ2n) is 6.06. The van der Waals surface area contributed by atoms with Gasteiger partial charge in [0.15, 0.2) is 0 Å². The Kier molecular flexibility index (Phi) is 5.07. The second kappa shape index (κ2) is 7.97. The molecule has 0 aliphatic carbocycles. The van der Waals surface area contributed by atoms with Crippen molar-refractivity contribution in [2.75, 3.05) is 0 Å². The summed E-state index contributed by atoms with van der Waals surface area (Å²) in [6.07, 6.45) is 5.21. The van der Waals surface area contributed by atoms with Crippen LogP contribution in [-0.2, 0) is 13.1 Å². The molecular formula is C21H18N4OS. The molecule has 5 nitrogen and oxygen atoms in total. The number of carbonyl (C=O) groups is 1. The molecule has 0 bridgehead atoms. The lowest BCUT2D eigenvalue weighted by Gasteiger charge is -2.23. The van der Waals surface area contributed by atoms with Crippen LogP contribution in [0.5, 0.6) is 0 Å². The number of imidazole rings is 1. The number of amides is 1. The minimum absolute atomic E-state index is 0.0407. The molecular weight excluding hydrogens is 356 g/mol. The first-order valence-electron chi connectivity index (χ1n) is 8.61. The van der Waals surface area contributed by atoms with Crippen LogP contribution in [0, 0.1) is 0 Å². The summed E-state index contributed by atoms with van der Waals surface area (Å²) >= 11 is 1.55. The van der Waals surface area contributed by atoms with Gasteiger partial charge in [-0.15, -0.1) is 11.3 Å². The fraction of sp³-hybridized carbons (Fsp3) is 0.0952. The van der Waals surface area contributed by atoms with Crippen molar-refractivity contribution in [2.24, 2.45) is 0 Å². The number of nitrogens with one attached hydrogen (secondary N) is 1. The molecule has 0 fully saturated rings. The zero-order chi connectivity index (χ0) is 18.5. The molecule has 2 heterocycles. The number of benzene rings is 2. The number of hydrogen-bond donors (Lipinski definition) is 1. The molecule has 0 aliphatic heterocycles. The van der Waals surface area contributed by atoms with E-state index in [1.54, 1.807) is 29.9 Å². The van der Waals surface area contributed by atoms with Crippen LogP contribution in [0.3, 0.4) is 0 Å². The van der Waals surface area contributed by atoms with Gasteiger partial charge in [0, 0.05) is 36.1 Å². The van der Waals surface area contributed by atoms with Crippen LogP contribution >= 0.6 is 11.3 Å². The maximum Gasteiger partial charge on any atom is 0.255 e. The summed E-state index contributed by atoms with van der Waals surface area (Å²) in [6, 6.07) is 17.6. The highest BCUT2D eigenvalue weighted by Gasteiger charge is 2.21. The summed E-state index contributed by atoms with van der Waals surface area (Å²) in [6.45, 7) is 0.990. The van der Waals surface area contributed by atoms with Crippen molar-refractivity contribution >= 4 is 17.2 Å². The standard InChI is InChI=1S/C21H18N4OS/c26-21(18-9-5-4-8-17(18)20-23-10-11-24-20)25(15-19-22-12-13-27-19)14-16-6-2-1-3-7-16/h1-13H,14-15H2,(H,23,24). The number of aromatic amines is 1. The Morgan fingerprint density at radius 1 is 0.963 bits per heavy atom. The van der Waals surface area contributed by atoms with Crippen LogP contribution in [0.15, 0.2) is 78.6 Å². The van der Waals surface area contributed by atoms with E-state index < -0.39 is 0 Å². The third-order valence-corrected chi connectivity index (χ3v) is 4.99. The fourth-order valence-corrected chi connectivity index (χ4v) is 3.59. The molecule has 0 saturated carbocycles. The summed E-state index contributed by atoms with van der Waals surface area (Å²) in [7, 11) is 0. The normalized spacial score (nSPS) is 10.7. The van der Waals surface area contributed by atoms with Crippen LogP contribution in [0.1, 0.15) is 20.9 Å². The number of aromatic nitrogens is 3. The molecule has 1 N–H and O–H groups in total. The summed E-state index contributed by atoms with van der Waals surface area (Å²) in [5.74, 6) is 0.647. The van der Waals surface area contributed by atoms with Crippen molar-refractivity contribution in [3.63, 3.8) is 0 Å². The van der Waals surface area contributed by atoms with Gasteiger partial charge in [0.25, 0.3) is 5.91 Å². The lowest BCUT2D eigenvalue weighted by Crippen LogP contribution is -2.30. The predicted molar refractivity (Wildman–Crippen MR) is 106 cm³/mol. The summed E-state index contributed by atoms with van der Waals surface area (Å²) in [4.78, 5) is 27.0. The number of nitrogens with zero attached hydrogens (tertiary/aromatic N) is 3. The van der Waals surface area contributed by atoms with E-state index >= 15 is 0 Å². The molecule has 4 rings (SSSR count). The molecule has 0 atom stereocenters. The highest BCUT2D eigenvalue weighted by molar-refractivity contribution is 7.09. The Labute approximate surface area is 161 Å². The molecule has 0 saturated heterocycles. The van der Waals surface area contributed by atoms with Crippen LogP contribution in [0.25, 0.3) is 11.4 Å². The largest absolute Gasteiger partial charge is 0.345 e. The third kappa shape index (κ3) is 3.96. The minimum Gasteiger partial charge on any atom is -0.345 e. The SMILES string of the molecule is O=C(c1ccccc1-c1ncc[nH]1)N(Cc1ccccc1)Cc1nccs1. The Morgan fingerprint density at radius 3 is 2.52 bits per heavy atom. The van der Waals surface area contributed by atoms with E-state index in [0.717, 1.165) is 16.1 Å². The van der Waals surface area contributed by atoms with Crippen LogP contribution < -0.4 is 0 Å². The van der Waals surface area contributed by atoms with Crippen molar-refractivity contribution in [3.8, 4) is 11.4 Å². The van der Waals surface area contributed by atoms with Crippen LogP contribution in [-0.4, -0.2) is 25.8 Å². The zero-order valence-corrected chi connectivity index (χ0v) is 15.4. The van der Waals surface area contributed by atoms with Gasteiger partial charge in [-0.3, -0.25) is 4.79 Å². The minimum atomic E-state index is -0.0407. The summed E-state index contributed by atoms with van der Waals surface area (Å²) in [5.41, 5.74) is 2.50. The average Bonchev–Trinajstić information content (AvgIpc) is 3.42. The maximum atomic E-state index is 13.5. The Morgan fingerprint density at radius 2 is 1.78 bits per heavy atom. The summed E-state index contributed by atoms with van der Waals surface area (Å²) < 4.78 is 0.